The maximum atomic E-state index is 13.1. The molecule has 1 fully saturated rings. The van der Waals surface area contributed by atoms with Crippen molar-refractivity contribution in [1.82, 2.24) is 10.6 Å². The van der Waals surface area contributed by atoms with Crippen molar-refractivity contribution in [3.05, 3.63) is 100 Å². The Morgan fingerprint density at radius 3 is 2.33 bits per heavy atom. The Bertz CT molecular complexity index is 1110. The van der Waals surface area contributed by atoms with Gasteiger partial charge in [-0.05, 0) is 55.7 Å². The van der Waals surface area contributed by atoms with Crippen molar-refractivity contribution in [3.63, 3.8) is 0 Å². The van der Waals surface area contributed by atoms with Crippen molar-refractivity contribution in [2.45, 2.75) is 31.8 Å². The molecule has 3 aromatic rings. The van der Waals surface area contributed by atoms with Crippen molar-refractivity contribution in [1.29, 1.82) is 0 Å². The molecule has 1 saturated heterocycles. The highest BCUT2D eigenvalue weighted by Gasteiger charge is 2.24. The second kappa shape index (κ2) is 10.7. The number of hydrogen-bond donors (Lipinski definition) is 2. The molecule has 0 spiro atoms. The summed E-state index contributed by atoms with van der Waals surface area (Å²) >= 11 is 3.42. The van der Waals surface area contributed by atoms with Gasteiger partial charge in [0.25, 0.3) is 11.8 Å². The van der Waals surface area contributed by atoms with Crippen LogP contribution in [0.4, 0.5) is 5.69 Å². The molecule has 0 bridgehead atoms. The number of carbonyl (C=O) groups is 2. The van der Waals surface area contributed by atoms with Crippen LogP contribution in [0.2, 0.25) is 0 Å². The van der Waals surface area contributed by atoms with Crippen molar-refractivity contribution in [2.24, 2.45) is 0 Å². The van der Waals surface area contributed by atoms with Gasteiger partial charge in [0.2, 0.25) is 0 Å². The van der Waals surface area contributed by atoms with Gasteiger partial charge >= 0.3 is 0 Å². The second-order valence-electron chi connectivity index (χ2n) is 8.37. The first-order chi connectivity index (χ1) is 16.0. The molecule has 1 atom stereocenters. The van der Waals surface area contributed by atoms with Crippen molar-refractivity contribution < 1.29 is 9.59 Å². The number of nitrogens with zero attached hydrogens (tertiary/aromatic N) is 1. The van der Waals surface area contributed by atoms with E-state index < -0.39 is 0 Å². The fourth-order valence-corrected chi connectivity index (χ4v) is 4.60. The molecule has 0 saturated carbocycles. The van der Waals surface area contributed by atoms with Crippen molar-refractivity contribution in [3.8, 4) is 0 Å². The number of piperidine rings is 1. The van der Waals surface area contributed by atoms with Gasteiger partial charge in [0.05, 0.1) is 11.6 Å². The largest absolute Gasteiger partial charge is 0.371 e. The van der Waals surface area contributed by atoms with E-state index >= 15 is 0 Å². The number of anilines is 1. The summed E-state index contributed by atoms with van der Waals surface area (Å²) in [6, 6.07) is 25.2. The van der Waals surface area contributed by atoms with Crippen LogP contribution in [-0.4, -0.2) is 30.9 Å². The number of nitrogens with one attached hydrogen (secondary N) is 2. The highest BCUT2D eigenvalue weighted by molar-refractivity contribution is 9.10. The molecule has 5 nitrogen and oxygen atoms in total. The lowest BCUT2D eigenvalue weighted by Crippen LogP contribution is -2.45. The van der Waals surface area contributed by atoms with Gasteiger partial charge in [-0.25, -0.2) is 0 Å². The SMILES string of the molecule is C[C@@H](NC(=O)c1ccccc1N1CCC(NC(=O)c2cccc(Br)c2)CC1)c1ccccc1. The molecule has 1 aliphatic rings. The zero-order valence-corrected chi connectivity index (χ0v) is 20.2. The third-order valence-electron chi connectivity index (χ3n) is 6.05. The van der Waals surface area contributed by atoms with Crippen LogP contribution in [0.3, 0.4) is 0 Å². The standard InChI is InChI=1S/C27H28BrN3O2/c1-19(20-8-3-2-4-9-20)29-27(33)24-12-5-6-13-25(24)31-16-14-23(15-17-31)30-26(32)21-10-7-11-22(28)18-21/h2-13,18-19,23H,14-17H2,1H3,(H,29,33)(H,30,32)/t19-/m1/s1. The van der Waals surface area contributed by atoms with E-state index in [1.54, 1.807) is 0 Å². The normalized spacial score (nSPS) is 15.0. The van der Waals surface area contributed by atoms with Gasteiger partial charge in [-0.1, -0.05) is 64.5 Å². The van der Waals surface area contributed by atoms with Crippen LogP contribution in [0.5, 0.6) is 0 Å². The monoisotopic (exact) mass is 505 g/mol. The van der Waals surface area contributed by atoms with Crippen LogP contribution >= 0.6 is 15.9 Å². The Morgan fingerprint density at radius 1 is 0.909 bits per heavy atom. The maximum Gasteiger partial charge on any atom is 0.253 e. The molecule has 0 unspecified atom stereocenters. The predicted octanol–water partition coefficient (Wildman–Crippen LogP) is 5.34. The molecule has 2 N–H and O–H groups in total. The quantitative estimate of drug-likeness (QED) is 0.475. The Kier molecular flexibility index (Phi) is 7.45. The van der Waals surface area contributed by atoms with Crippen LogP contribution in [0, 0.1) is 0 Å². The zero-order chi connectivity index (χ0) is 23.2. The number of benzene rings is 3. The van der Waals surface area contributed by atoms with E-state index in [-0.39, 0.29) is 23.9 Å². The molecular formula is C27H28BrN3O2. The zero-order valence-electron chi connectivity index (χ0n) is 18.6. The van der Waals surface area contributed by atoms with Crippen molar-refractivity contribution in [2.75, 3.05) is 18.0 Å². The van der Waals surface area contributed by atoms with Crippen LogP contribution in [0.1, 0.15) is 52.1 Å². The van der Waals surface area contributed by atoms with Crippen LogP contribution < -0.4 is 15.5 Å². The van der Waals surface area contributed by atoms with Crippen LogP contribution in [0.25, 0.3) is 0 Å². The van der Waals surface area contributed by atoms with Crippen molar-refractivity contribution >= 4 is 33.4 Å². The highest BCUT2D eigenvalue weighted by Crippen LogP contribution is 2.25. The Morgan fingerprint density at radius 2 is 1.61 bits per heavy atom. The lowest BCUT2D eigenvalue weighted by molar-refractivity contribution is 0.0928. The molecule has 1 heterocycles. The van der Waals surface area contributed by atoms with E-state index in [1.807, 2.05) is 85.8 Å². The molecule has 170 valence electrons. The van der Waals surface area contributed by atoms with E-state index in [0.717, 1.165) is 41.7 Å². The molecule has 6 heteroatoms. The number of carbonyl (C=O) groups excluding carboxylic acids is 2. The maximum absolute atomic E-state index is 13.1. The van der Waals surface area contributed by atoms with Gasteiger partial charge in [0.15, 0.2) is 0 Å². The van der Waals surface area contributed by atoms with Gasteiger partial charge in [0, 0.05) is 34.9 Å². The fraction of sp³-hybridized carbons (Fsp3) is 0.259. The number of amides is 2. The molecule has 3 aromatic carbocycles. The number of rotatable bonds is 6. The summed E-state index contributed by atoms with van der Waals surface area (Å²) in [5.74, 6) is -0.128. The smallest absolute Gasteiger partial charge is 0.253 e. The average Bonchev–Trinajstić information content (AvgIpc) is 2.85. The topological polar surface area (TPSA) is 61.4 Å². The number of hydrogen-bond acceptors (Lipinski definition) is 3. The van der Waals surface area contributed by atoms with E-state index in [9.17, 15) is 9.59 Å². The van der Waals surface area contributed by atoms with Gasteiger partial charge in [-0.2, -0.15) is 0 Å². The Labute approximate surface area is 203 Å². The first-order valence-electron chi connectivity index (χ1n) is 11.3. The molecule has 0 aliphatic carbocycles. The van der Waals surface area contributed by atoms with Gasteiger partial charge in [-0.15, -0.1) is 0 Å². The number of para-hydroxylation sites is 1. The minimum absolute atomic E-state index is 0.0515. The lowest BCUT2D eigenvalue weighted by atomic mass is 10.0. The first-order valence-corrected chi connectivity index (χ1v) is 12.1. The summed E-state index contributed by atoms with van der Waals surface area (Å²) in [5.41, 5.74) is 3.34. The third-order valence-corrected chi connectivity index (χ3v) is 6.55. The highest BCUT2D eigenvalue weighted by atomic mass is 79.9. The van der Waals surface area contributed by atoms with E-state index in [0.29, 0.717) is 11.1 Å². The van der Waals surface area contributed by atoms with Crippen LogP contribution in [0.15, 0.2) is 83.3 Å². The van der Waals surface area contributed by atoms with Crippen LogP contribution in [-0.2, 0) is 0 Å². The van der Waals surface area contributed by atoms with Gasteiger partial charge in [0.1, 0.15) is 0 Å². The van der Waals surface area contributed by atoms with E-state index in [2.05, 4.69) is 31.5 Å². The third kappa shape index (κ3) is 5.82. The molecule has 0 aromatic heterocycles. The minimum Gasteiger partial charge on any atom is -0.371 e. The summed E-state index contributed by atoms with van der Waals surface area (Å²) in [4.78, 5) is 27.9. The second-order valence-corrected chi connectivity index (χ2v) is 9.28. The summed E-state index contributed by atoms with van der Waals surface area (Å²) in [7, 11) is 0. The first kappa shape index (κ1) is 23.1. The van der Waals surface area contributed by atoms with Gasteiger partial charge < -0.3 is 15.5 Å². The summed E-state index contributed by atoms with van der Waals surface area (Å²) in [5, 5.41) is 6.27. The molecule has 1 aliphatic heterocycles. The molecule has 33 heavy (non-hydrogen) atoms. The molecular weight excluding hydrogens is 478 g/mol. The summed E-state index contributed by atoms with van der Waals surface area (Å²) < 4.78 is 0.890. The molecule has 2 amide bonds. The van der Waals surface area contributed by atoms with E-state index in [1.165, 1.54) is 0 Å². The van der Waals surface area contributed by atoms with E-state index in [4.69, 9.17) is 0 Å². The summed E-state index contributed by atoms with van der Waals surface area (Å²) in [6.45, 7) is 3.55. The van der Waals surface area contributed by atoms with Gasteiger partial charge in [-0.3, -0.25) is 9.59 Å². The fourth-order valence-electron chi connectivity index (χ4n) is 4.20. The lowest BCUT2D eigenvalue weighted by Gasteiger charge is -2.35. The number of halogens is 1. The summed E-state index contributed by atoms with van der Waals surface area (Å²) in [6.07, 6.45) is 1.66. The average molecular weight is 506 g/mol. The Balaban J connectivity index is 1.38. The molecule has 4 rings (SSSR count). The minimum atomic E-state index is -0.0780. The Hall–Kier alpha value is -3.12. The predicted molar refractivity (Wildman–Crippen MR) is 136 cm³/mol. The molecule has 0 radical (unpaired) electrons.